The largest absolute Gasteiger partial charge is 0.497 e. The van der Waals surface area contributed by atoms with Gasteiger partial charge in [-0.05, 0) is 35.2 Å². The molecule has 0 unspecified atom stereocenters. The lowest BCUT2D eigenvalue weighted by molar-refractivity contribution is -0.120. The number of methoxy groups -OCH3 is 1. The SMILES string of the molecule is COc1ccc(CC(=O)NCCN2C(=O)c3cccc4cccc(c34)C2=O)cc1. The molecule has 1 aliphatic heterocycles. The molecule has 3 aromatic carbocycles. The van der Waals surface area contributed by atoms with E-state index in [1.54, 1.807) is 31.4 Å². The van der Waals surface area contributed by atoms with Crippen LogP contribution in [-0.2, 0) is 11.2 Å². The van der Waals surface area contributed by atoms with Gasteiger partial charge in [0.2, 0.25) is 5.91 Å². The zero-order valence-electron chi connectivity index (χ0n) is 16.0. The smallest absolute Gasteiger partial charge is 0.261 e. The molecule has 0 spiro atoms. The van der Waals surface area contributed by atoms with E-state index in [4.69, 9.17) is 4.74 Å². The molecule has 1 heterocycles. The molecule has 0 fully saturated rings. The molecular weight excluding hydrogens is 368 g/mol. The molecule has 0 aromatic heterocycles. The van der Waals surface area contributed by atoms with E-state index in [1.165, 1.54) is 4.90 Å². The summed E-state index contributed by atoms with van der Waals surface area (Å²) in [5, 5.41) is 4.35. The summed E-state index contributed by atoms with van der Waals surface area (Å²) >= 11 is 0. The Morgan fingerprint density at radius 3 is 2.14 bits per heavy atom. The van der Waals surface area contributed by atoms with E-state index in [2.05, 4.69) is 5.32 Å². The maximum atomic E-state index is 12.8. The fourth-order valence-electron chi connectivity index (χ4n) is 3.58. The van der Waals surface area contributed by atoms with Gasteiger partial charge in [-0.2, -0.15) is 0 Å². The maximum Gasteiger partial charge on any atom is 0.261 e. The molecule has 6 heteroatoms. The number of rotatable bonds is 6. The zero-order valence-corrected chi connectivity index (χ0v) is 16.0. The van der Waals surface area contributed by atoms with Crippen molar-refractivity contribution in [3.8, 4) is 5.75 Å². The molecule has 0 saturated carbocycles. The summed E-state index contributed by atoms with van der Waals surface area (Å²) in [5.74, 6) is -0.103. The van der Waals surface area contributed by atoms with Crippen molar-refractivity contribution in [3.63, 3.8) is 0 Å². The number of amides is 3. The first-order valence-corrected chi connectivity index (χ1v) is 9.36. The van der Waals surface area contributed by atoms with Crippen LogP contribution in [0.5, 0.6) is 5.75 Å². The van der Waals surface area contributed by atoms with Gasteiger partial charge in [-0.25, -0.2) is 0 Å². The molecule has 3 amide bonds. The zero-order chi connectivity index (χ0) is 20.4. The van der Waals surface area contributed by atoms with Crippen LogP contribution >= 0.6 is 0 Å². The van der Waals surface area contributed by atoms with Crippen molar-refractivity contribution in [1.29, 1.82) is 0 Å². The molecule has 146 valence electrons. The molecule has 0 saturated heterocycles. The Morgan fingerprint density at radius 2 is 1.55 bits per heavy atom. The third-order valence-corrected chi connectivity index (χ3v) is 5.04. The van der Waals surface area contributed by atoms with Gasteiger partial charge in [0.05, 0.1) is 13.5 Å². The Hall–Kier alpha value is -3.67. The predicted molar refractivity (Wildman–Crippen MR) is 109 cm³/mol. The van der Waals surface area contributed by atoms with Crippen LogP contribution in [0.25, 0.3) is 10.8 Å². The van der Waals surface area contributed by atoms with E-state index >= 15 is 0 Å². The van der Waals surface area contributed by atoms with Crippen molar-refractivity contribution in [2.24, 2.45) is 0 Å². The Balaban J connectivity index is 1.40. The van der Waals surface area contributed by atoms with Gasteiger partial charge in [-0.3, -0.25) is 19.3 Å². The van der Waals surface area contributed by atoms with Gasteiger partial charge in [0.15, 0.2) is 0 Å². The molecule has 0 aliphatic carbocycles. The van der Waals surface area contributed by atoms with Gasteiger partial charge >= 0.3 is 0 Å². The van der Waals surface area contributed by atoms with E-state index in [-0.39, 0.29) is 37.2 Å². The highest BCUT2D eigenvalue weighted by Gasteiger charge is 2.32. The van der Waals surface area contributed by atoms with Gasteiger partial charge in [0.1, 0.15) is 5.75 Å². The van der Waals surface area contributed by atoms with Crippen LogP contribution in [0.1, 0.15) is 26.3 Å². The monoisotopic (exact) mass is 388 g/mol. The number of benzene rings is 3. The number of carbonyl (C=O) groups excluding carboxylic acids is 3. The molecule has 29 heavy (non-hydrogen) atoms. The van der Waals surface area contributed by atoms with Crippen molar-refractivity contribution >= 4 is 28.5 Å². The minimum atomic E-state index is -0.330. The topological polar surface area (TPSA) is 75.7 Å². The second-order valence-electron chi connectivity index (χ2n) is 6.85. The molecule has 1 aliphatic rings. The van der Waals surface area contributed by atoms with Crippen molar-refractivity contribution in [1.82, 2.24) is 10.2 Å². The number of hydrogen-bond donors (Lipinski definition) is 1. The summed E-state index contributed by atoms with van der Waals surface area (Å²) in [6.45, 7) is 0.321. The number of imide groups is 1. The van der Waals surface area contributed by atoms with E-state index in [0.717, 1.165) is 16.7 Å². The van der Waals surface area contributed by atoms with E-state index in [0.29, 0.717) is 16.5 Å². The lowest BCUT2D eigenvalue weighted by atomic mass is 9.94. The van der Waals surface area contributed by atoms with Crippen molar-refractivity contribution in [2.45, 2.75) is 6.42 Å². The third kappa shape index (κ3) is 3.57. The first kappa shape index (κ1) is 18.7. The summed E-state index contributed by atoms with van der Waals surface area (Å²) in [7, 11) is 1.59. The Morgan fingerprint density at radius 1 is 0.931 bits per heavy atom. The highest BCUT2D eigenvalue weighted by Crippen LogP contribution is 2.29. The average molecular weight is 388 g/mol. The van der Waals surface area contributed by atoms with Crippen LogP contribution < -0.4 is 10.1 Å². The van der Waals surface area contributed by atoms with Gasteiger partial charge in [-0.1, -0.05) is 36.4 Å². The molecule has 4 rings (SSSR count). The van der Waals surface area contributed by atoms with E-state index < -0.39 is 0 Å². The van der Waals surface area contributed by atoms with Crippen molar-refractivity contribution < 1.29 is 19.1 Å². The predicted octanol–water partition coefficient (Wildman–Crippen LogP) is 2.80. The number of nitrogens with one attached hydrogen (secondary N) is 1. The van der Waals surface area contributed by atoms with Crippen molar-refractivity contribution in [2.75, 3.05) is 20.2 Å². The molecule has 0 atom stereocenters. The summed E-state index contributed by atoms with van der Waals surface area (Å²) in [6, 6.07) is 18.1. The van der Waals surface area contributed by atoms with E-state index in [1.807, 2.05) is 36.4 Å². The highest BCUT2D eigenvalue weighted by molar-refractivity contribution is 6.25. The summed E-state index contributed by atoms with van der Waals surface area (Å²) < 4.78 is 5.10. The first-order chi connectivity index (χ1) is 14.1. The third-order valence-electron chi connectivity index (χ3n) is 5.04. The number of carbonyl (C=O) groups is 3. The molecule has 0 bridgehead atoms. The van der Waals surface area contributed by atoms with Crippen molar-refractivity contribution in [3.05, 3.63) is 77.4 Å². The summed E-state index contributed by atoms with van der Waals surface area (Å²) in [4.78, 5) is 39.0. The fourth-order valence-corrected chi connectivity index (χ4v) is 3.58. The van der Waals surface area contributed by atoms with Crippen LogP contribution in [-0.4, -0.2) is 42.8 Å². The minimum absolute atomic E-state index is 0.122. The lowest BCUT2D eigenvalue weighted by Gasteiger charge is -2.27. The second kappa shape index (κ2) is 7.75. The van der Waals surface area contributed by atoms with Crippen LogP contribution in [0.2, 0.25) is 0 Å². The minimum Gasteiger partial charge on any atom is -0.497 e. The van der Waals surface area contributed by atoms with E-state index in [9.17, 15) is 14.4 Å². The van der Waals surface area contributed by atoms with Gasteiger partial charge < -0.3 is 10.1 Å². The standard InChI is InChI=1S/C23H20N2O4/c1-29-17-10-8-15(9-11-17)14-20(26)24-12-13-25-22(27)18-6-2-4-16-5-3-7-19(21(16)18)23(25)28/h2-11H,12-14H2,1H3,(H,24,26). The quantitative estimate of drug-likeness (QED) is 0.659. The van der Waals surface area contributed by atoms with Crippen LogP contribution in [0.15, 0.2) is 60.7 Å². The fraction of sp³-hybridized carbons (Fsp3) is 0.174. The maximum absolute atomic E-state index is 12.8. The number of nitrogens with zero attached hydrogens (tertiary/aromatic N) is 1. The highest BCUT2D eigenvalue weighted by atomic mass is 16.5. The molecule has 1 N–H and O–H groups in total. The Labute approximate surface area is 168 Å². The van der Waals surface area contributed by atoms with Crippen LogP contribution in [0, 0.1) is 0 Å². The molecule has 0 radical (unpaired) electrons. The van der Waals surface area contributed by atoms with Crippen LogP contribution in [0.4, 0.5) is 0 Å². The van der Waals surface area contributed by atoms with Gasteiger partial charge in [0.25, 0.3) is 11.8 Å². The molecule has 3 aromatic rings. The Kier molecular flexibility index (Phi) is 4.99. The first-order valence-electron chi connectivity index (χ1n) is 9.36. The molecule has 6 nitrogen and oxygen atoms in total. The van der Waals surface area contributed by atoms with Crippen LogP contribution in [0.3, 0.4) is 0 Å². The number of ether oxygens (including phenoxy) is 1. The average Bonchev–Trinajstić information content (AvgIpc) is 2.74. The number of hydrogen-bond acceptors (Lipinski definition) is 4. The summed E-state index contributed by atoms with van der Waals surface area (Å²) in [5.41, 5.74) is 1.89. The lowest BCUT2D eigenvalue weighted by Crippen LogP contribution is -2.44. The molecular formula is C23H20N2O4. The van der Waals surface area contributed by atoms with Gasteiger partial charge in [-0.15, -0.1) is 0 Å². The second-order valence-corrected chi connectivity index (χ2v) is 6.85. The summed E-state index contributed by atoms with van der Waals surface area (Å²) in [6.07, 6.45) is 0.216. The Bertz CT molecular complexity index is 1050. The van der Waals surface area contributed by atoms with Gasteiger partial charge in [0, 0.05) is 29.6 Å². The normalized spacial score (nSPS) is 12.9.